The lowest BCUT2D eigenvalue weighted by Gasteiger charge is -2.29. The summed E-state index contributed by atoms with van der Waals surface area (Å²) in [7, 11) is 0. The van der Waals surface area contributed by atoms with Gasteiger partial charge in [0.2, 0.25) is 6.10 Å². The van der Waals surface area contributed by atoms with Crippen molar-refractivity contribution < 1.29 is 14.3 Å². The molecule has 0 aromatic heterocycles. The van der Waals surface area contributed by atoms with Crippen molar-refractivity contribution in [3.8, 4) is 5.75 Å². The maximum absolute atomic E-state index is 11.8. The molecule has 2 aromatic rings. The smallest absolute Gasteiger partial charge is 0.284 e. The highest BCUT2D eigenvalue weighted by atomic mass is 16.5. The Labute approximate surface area is 114 Å². The molecule has 0 aliphatic carbocycles. The zero-order chi connectivity index (χ0) is 13.7. The SMILES string of the molecule is O=C1NNC(=O)[C@@H]2Oc3ccc4ccccc4c3C=C12. The summed E-state index contributed by atoms with van der Waals surface area (Å²) in [4.78, 5) is 23.6. The van der Waals surface area contributed by atoms with Crippen molar-refractivity contribution in [1.82, 2.24) is 10.9 Å². The van der Waals surface area contributed by atoms with Crippen LogP contribution in [0.4, 0.5) is 0 Å². The van der Waals surface area contributed by atoms with Crippen molar-refractivity contribution in [2.45, 2.75) is 6.10 Å². The number of hydrogen-bond acceptors (Lipinski definition) is 3. The van der Waals surface area contributed by atoms with Crippen LogP contribution in [-0.4, -0.2) is 17.9 Å². The first-order chi connectivity index (χ1) is 9.74. The van der Waals surface area contributed by atoms with Crippen LogP contribution in [0.3, 0.4) is 0 Å². The Morgan fingerprint density at radius 1 is 1.00 bits per heavy atom. The van der Waals surface area contributed by atoms with E-state index in [0.717, 1.165) is 16.3 Å². The third-order valence-corrected chi connectivity index (χ3v) is 3.56. The Balaban J connectivity index is 1.98. The van der Waals surface area contributed by atoms with Gasteiger partial charge in [-0.1, -0.05) is 30.3 Å². The van der Waals surface area contributed by atoms with Crippen molar-refractivity contribution >= 4 is 28.7 Å². The normalized spacial score (nSPS) is 20.2. The van der Waals surface area contributed by atoms with E-state index in [2.05, 4.69) is 10.9 Å². The topological polar surface area (TPSA) is 67.4 Å². The molecule has 0 radical (unpaired) electrons. The van der Waals surface area contributed by atoms with E-state index < -0.39 is 6.10 Å². The van der Waals surface area contributed by atoms with Crippen LogP contribution in [0.15, 0.2) is 42.0 Å². The average Bonchev–Trinajstić information content (AvgIpc) is 2.50. The number of carbonyl (C=O) groups excluding carboxylic acids is 2. The van der Waals surface area contributed by atoms with Gasteiger partial charge in [-0.05, 0) is 22.9 Å². The highest BCUT2D eigenvalue weighted by molar-refractivity contribution is 6.11. The molecule has 2 heterocycles. The van der Waals surface area contributed by atoms with Gasteiger partial charge in [-0.25, -0.2) is 0 Å². The molecule has 20 heavy (non-hydrogen) atoms. The van der Waals surface area contributed by atoms with E-state index in [-0.39, 0.29) is 11.8 Å². The van der Waals surface area contributed by atoms with Gasteiger partial charge in [0.05, 0.1) is 5.57 Å². The van der Waals surface area contributed by atoms with E-state index in [1.807, 2.05) is 36.4 Å². The predicted octanol–water partition coefficient (Wildman–Crippen LogP) is 1.15. The standard InChI is InChI=1S/C15H10N2O3/c18-14-11-7-10-9-4-2-1-3-8(9)5-6-12(10)20-13(11)15(19)17-16-14/h1-7,13H,(H,16,18)(H,17,19)/t13-/m1/s1. The van der Waals surface area contributed by atoms with Crippen LogP contribution in [0.1, 0.15) is 5.56 Å². The Morgan fingerprint density at radius 2 is 1.85 bits per heavy atom. The summed E-state index contributed by atoms with van der Waals surface area (Å²) in [5.74, 6) is -0.0925. The highest BCUT2D eigenvalue weighted by Gasteiger charge is 2.37. The maximum Gasteiger partial charge on any atom is 0.284 e. The lowest BCUT2D eigenvalue weighted by molar-refractivity contribution is -0.136. The molecule has 2 amide bonds. The third-order valence-electron chi connectivity index (χ3n) is 3.56. The second-order valence-electron chi connectivity index (χ2n) is 4.74. The summed E-state index contributed by atoms with van der Waals surface area (Å²) in [5.41, 5.74) is 5.78. The molecule has 0 bridgehead atoms. The number of carbonyl (C=O) groups is 2. The number of ether oxygens (including phenoxy) is 1. The molecule has 4 rings (SSSR count). The Kier molecular flexibility index (Phi) is 2.12. The fourth-order valence-corrected chi connectivity index (χ4v) is 2.58. The summed E-state index contributed by atoms with van der Waals surface area (Å²) in [6.07, 6.45) is 0.859. The van der Waals surface area contributed by atoms with Crippen molar-refractivity contribution in [2.24, 2.45) is 0 Å². The van der Waals surface area contributed by atoms with Crippen LogP contribution in [0.2, 0.25) is 0 Å². The summed E-state index contributed by atoms with van der Waals surface area (Å²) < 4.78 is 5.69. The lowest BCUT2D eigenvalue weighted by atomic mass is 9.95. The fraction of sp³-hybridized carbons (Fsp3) is 0.0667. The second-order valence-corrected chi connectivity index (χ2v) is 4.74. The van der Waals surface area contributed by atoms with Crippen LogP contribution < -0.4 is 15.6 Å². The van der Waals surface area contributed by atoms with Gasteiger partial charge in [0.1, 0.15) is 5.75 Å². The quantitative estimate of drug-likeness (QED) is 0.751. The zero-order valence-electron chi connectivity index (χ0n) is 10.3. The van der Waals surface area contributed by atoms with Crippen molar-refractivity contribution in [1.29, 1.82) is 0 Å². The first kappa shape index (κ1) is 11.0. The summed E-state index contributed by atoms with van der Waals surface area (Å²) in [6, 6.07) is 11.6. The van der Waals surface area contributed by atoms with Crippen molar-refractivity contribution in [3.05, 3.63) is 47.5 Å². The number of fused-ring (bicyclic) bond motifs is 4. The average molecular weight is 266 g/mol. The molecule has 1 fully saturated rings. The molecule has 2 aromatic carbocycles. The molecule has 2 aliphatic heterocycles. The van der Waals surface area contributed by atoms with E-state index in [0.29, 0.717) is 11.3 Å². The zero-order valence-corrected chi connectivity index (χ0v) is 10.3. The minimum absolute atomic E-state index is 0.331. The summed E-state index contributed by atoms with van der Waals surface area (Å²) in [5, 5.41) is 2.06. The highest BCUT2D eigenvalue weighted by Crippen LogP contribution is 2.35. The van der Waals surface area contributed by atoms with E-state index in [1.54, 1.807) is 6.08 Å². The molecular weight excluding hydrogens is 256 g/mol. The van der Waals surface area contributed by atoms with E-state index in [4.69, 9.17) is 4.74 Å². The number of hydrazine groups is 1. The monoisotopic (exact) mass is 266 g/mol. The van der Waals surface area contributed by atoms with Gasteiger partial charge in [0.15, 0.2) is 0 Å². The Morgan fingerprint density at radius 3 is 2.75 bits per heavy atom. The van der Waals surface area contributed by atoms with Crippen LogP contribution in [-0.2, 0) is 9.59 Å². The fourth-order valence-electron chi connectivity index (χ4n) is 2.58. The molecule has 2 aliphatic rings. The van der Waals surface area contributed by atoms with Crippen molar-refractivity contribution in [3.63, 3.8) is 0 Å². The molecule has 0 saturated carbocycles. The molecule has 5 nitrogen and oxygen atoms in total. The Hall–Kier alpha value is -2.82. The predicted molar refractivity (Wildman–Crippen MR) is 72.6 cm³/mol. The molecule has 2 N–H and O–H groups in total. The van der Waals surface area contributed by atoms with Gasteiger partial charge in [-0.3, -0.25) is 20.4 Å². The van der Waals surface area contributed by atoms with Gasteiger partial charge in [0.25, 0.3) is 11.8 Å². The molecule has 98 valence electrons. The Bertz CT molecular complexity index is 795. The largest absolute Gasteiger partial charge is 0.475 e. The van der Waals surface area contributed by atoms with Crippen LogP contribution >= 0.6 is 0 Å². The molecule has 1 saturated heterocycles. The molecule has 1 atom stereocenters. The minimum atomic E-state index is -0.877. The summed E-state index contributed by atoms with van der Waals surface area (Å²) in [6.45, 7) is 0. The van der Waals surface area contributed by atoms with Gasteiger partial charge < -0.3 is 4.74 Å². The number of nitrogens with one attached hydrogen (secondary N) is 2. The third kappa shape index (κ3) is 1.43. The first-order valence-corrected chi connectivity index (χ1v) is 6.24. The molecular formula is C15H10N2O3. The first-order valence-electron chi connectivity index (χ1n) is 6.24. The number of hydrogen-bond donors (Lipinski definition) is 2. The van der Waals surface area contributed by atoms with E-state index >= 15 is 0 Å². The lowest BCUT2D eigenvalue weighted by Crippen LogP contribution is -2.57. The molecule has 0 unspecified atom stereocenters. The van der Waals surface area contributed by atoms with Gasteiger partial charge in [0, 0.05) is 5.56 Å². The number of amides is 2. The van der Waals surface area contributed by atoms with Gasteiger partial charge in [-0.15, -0.1) is 0 Å². The van der Waals surface area contributed by atoms with Crippen LogP contribution in [0.5, 0.6) is 5.75 Å². The maximum atomic E-state index is 11.8. The number of benzene rings is 2. The number of rotatable bonds is 0. The van der Waals surface area contributed by atoms with Crippen molar-refractivity contribution in [2.75, 3.05) is 0 Å². The molecule has 5 heteroatoms. The minimum Gasteiger partial charge on any atom is -0.475 e. The summed E-state index contributed by atoms with van der Waals surface area (Å²) >= 11 is 0. The second kappa shape index (κ2) is 3.84. The van der Waals surface area contributed by atoms with Crippen LogP contribution in [0, 0.1) is 0 Å². The van der Waals surface area contributed by atoms with E-state index in [9.17, 15) is 9.59 Å². The van der Waals surface area contributed by atoms with Gasteiger partial charge >= 0.3 is 0 Å². The van der Waals surface area contributed by atoms with Crippen LogP contribution in [0.25, 0.3) is 16.8 Å². The van der Waals surface area contributed by atoms with Gasteiger partial charge in [-0.2, -0.15) is 0 Å². The molecule has 0 spiro atoms. The van der Waals surface area contributed by atoms with E-state index in [1.165, 1.54) is 0 Å².